The van der Waals surface area contributed by atoms with Crippen LogP contribution >= 0.6 is 0 Å². The molecule has 1 saturated carbocycles. The highest BCUT2D eigenvalue weighted by molar-refractivity contribution is 7.90. The normalized spacial score (nSPS) is 16.2. The zero-order chi connectivity index (χ0) is 15.1. The standard InChI is InChI=1S/C16H22N2O2S/c17-12-4-5-14-8-10-15(11-9-14)13-18-21(19,20)16-6-2-1-3-7-16/h8-11,16,18H,1-3,6-7,12-13,17H2. The molecule has 0 saturated heterocycles. The first-order valence-electron chi connectivity index (χ1n) is 7.38. The first-order valence-corrected chi connectivity index (χ1v) is 8.93. The van der Waals surface area contributed by atoms with Gasteiger partial charge in [0.05, 0.1) is 11.8 Å². The average Bonchev–Trinajstić information content (AvgIpc) is 2.53. The lowest BCUT2D eigenvalue weighted by molar-refractivity contribution is 0.477. The van der Waals surface area contributed by atoms with Crippen LogP contribution in [0.15, 0.2) is 24.3 Å². The van der Waals surface area contributed by atoms with Crippen LogP contribution in [0.5, 0.6) is 0 Å². The molecule has 1 aromatic rings. The highest BCUT2D eigenvalue weighted by Gasteiger charge is 2.26. The third-order valence-electron chi connectivity index (χ3n) is 3.76. The van der Waals surface area contributed by atoms with E-state index in [4.69, 9.17) is 5.73 Å². The maximum atomic E-state index is 12.2. The molecule has 114 valence electrons. The van der Waals surface area contributed by atoms with Gasteiger partial charge in [0.15, 0.2) is 0 Å². The minimum atomic E-state index is -3.20. The third-order valence-corrected chi connectivity index (χ3v) is 5.65. The van der Waals surface area contributed by atoms with Crippen molar-refractivity contribution in [3.05, 3.63) is 35.4 Å². The molecule has 0 atom stereocenters. The summed E-state index contributed by atoms with van der Waals surface area (Å²) < 4.78 is 27.2. The number of rotatable bonds is 4. The molecule has 0 aliphatic heterocycles. The first-order chi connectivity index (χ1) is 10.1. The smallest absolute Gasteiger partial charge is 0.214 e. The van der Waals surface area contributed by atoms with Gasteiger partial charge in [-0.15, -0.1) is 0 Å². The van der Waals surface area contributed by atoms with Crippen LogP contribution < -0.4 is 10.5 Å². The Bertz CT molecular complexity index is 606. The van der Waals surface area contributed by atoms with Crippen molar-refractivity contribution in [2.45, 2.75) is 43.9 Å². The van der Waals surface area contributed by atoms with Gasteiger partial charge in [-0.25, -0.2) is 13.1 Å². The van der Waals surface area contributed by atoms with E-state index >= 15 is 0 Å². The van der Waals surface area contributed by atoms with Gasteiger partial charge >= 0.3 is 0 Å². The Hall–Kier alpha value is -1.35. The van der Waals surface area contributed by atoms with Crippen molar-refractivity contribution >= 4 is 10.0 Å². The summed E-state index contributed by atoms with van der Waals surface area (Å²) in [5.41, 5.74) is 7.15. The molecule has 0 amide bonds. The Morgan fingerprint density at radius 1 is 1.14 bits per heavy atom. The van der Waals surface area contributed by atoms with Gasteiger partial charge in [0, 0.05) is 12.1 Å². The van der Waals surface area contributed by atoms with E-state index in [9.17, 15) is 8.42 Å². The summed E-state index contributed by atoms with van der Waals surface area (Å²) in [5, 5.41) is -0.221. The Morgan fingerprint density at radius 3 is 2.43 bits per heavy atom. The first kappa shape index (κ1) is 16.0. The molecule has 0 unspecified atom stereocenters. The number of nitrogens with two attached hydrogens (primary N) is 1. The third kappa shape index (κ3) is 4.85. The summed E-state index contributed by atoms with van der Waals surface area (Å²) in [6, 6.07) is 7.55. The van der Waals surface area contributed by atoms with E-state index in [1.165, 1.54) is 0 Å². The summed E-state index contributed by atoms with van der Waals surface area (Å²) in [6.07, 6.45) is 4.74. The summed E-state index contributed by atoms with van der Waals surface area (Å²) >= 11 is 0. The number of benzene rings is 1. The van der Waals surface area contributed by atoms with Gasteiger partial charge in [-0.2, -0.15) is 0 Å². The van der Waals surface area contributed by atoms with E-state index in [1.54, 1.807) is 0 Å². The van der Waals surface area contributed by atoms with Gasteiger partial charge in [0.25, 0.3) is 0 Å². The SMILES string of the molecule is NCC#Cc1ccc(CNS(=O)(=O)C2CCCCC2)cc1. The van der Waals surface area contributed by atoms with Gasteiger partial charge < -0.3 is 5.73 Å². The Morgan fingerprint density at radius 2 is 1.81 bits per heavy atom. The fourth-order valence-electron chi connectivity index (χ4n) is 2.54. The highest BCUT2D eigenvalue weighted by atomic mass is 32.2. The minimum absolute atomic E-state index is 0.221. The van der Waals surface area contributed by atoms with E-state index in [0.29, 0.717) is 13.1 Å². The lowest BCUT2D eigenvalue weighted by atomic mass is 10.0. The van der Waals surface area contributed by atoms with Crippen LogP contribution in [0.3, 0.4) is 0 Å². The lowest BCUT2D eigenvalue weighted by Gasteiger charge is -2.22. The number of hydrogen-bond donors (Lipinski definition) is 2. The Labute approximate surface area is 127 Å². The molecule has 0 radical (unpaired) electrons. The quantitative estimate of drug-likeness (QED) is 0.832. The topological polar surface area (TPSA) is 72.2 Å². The van der Waals surface area contributed by atoms with Crippen LogP contribution in [-0.4, -0.2) is 20.2 Å². The molecule has 1 aliphatic carbocycles. The molecule has 0 bridgehead atoms. The van der Waals surface area contributed by atoms with Crippen molar-refractivity contribution in [1.82, 2.24) is 4.72 Å². The molecule has 0 aromatic heterocycles. The molecule has 0 heterocycles. The van der Waals surface area contributed by atoms with Gasteiger partial charge in [-0.05, 0) is 30.5 Å². The predicted molar refractivity (Wildman–Crippen MR) is 85.0 cm³/mol. The van der Waals surface area contributed by atoms with Crippen molar-refractivity contribution in [3.63, 3.8) is 0 Å². The monoisotopic (exact) mass is 306 g/mol. The maximum Gasteiger partial charge on any atom is 0.214 e. The van der Waals surface area contributed by atoms with Crippen molar-refractivity contribution in [3.8, 4) is 11.8 Å². The summed E-state index contributed by atoms with van der Waals surface area (Å²) in [7, 11) is -3.20. The molecule has 2 rings (SSSR count). The average molecular weight is 306 g/mol. The summed E-state index contributed by atoms with van der Waals surface area (Å²) in [6.45, 7) is 0.673. The van der Waals surface area contributed by atoms with Crippen LogP contribution in [0.25, 0.3) is 0 Å². The summed E-state index contributed by atoms with van der Waals surface area (Å²) in [5.74, 6) is 5.73. The number of hydrogen-bond acceptors (Lipinski definition) is 3. The maximum absolute atomic E-state index is 12.2. The zero-order valence-electron chi connectivity index (χ0n) is 12.1. The molecule has 21 heavy (non-hydrogen) atoms. The minimum Gasteiger partial charge on any atom is -0.320 e. The lowest BCUT2D eigenvalue weighted by Crippen LogP contribution is -2.35. The largest absolute Gasteiger partial charge is 0.320 e. The molecule has 1 aromatic carbocycles. The fourth-order valence-corrected chi connectivity index (χ4v) is 4.09. The molecule has 0 spiro atoms. The van der Waals surface area contributed by atoms with Crippen LogP contribution in [0.4, 0.5) is 0 Å². The Balaban J connectivity index is 1.92. The van der Waals surface area contributed by atoms with Crippen LogP contribution in [-0.2, 0) is 16.6 Å². The predicted octanol–water partition coefficient (Wildman–Crippen LogP) is 1.75. The molecule has 1 aliphatic rings. The summed E-state index contributed by atoms with van der Waals surface area (Å²) in [4.78, 5) is 0. The fraction of sp³-hybridized carbons (Fsp3) is 0.500. The van der Waals surface area contributed by atoms with Crippen LogP contribution in [0.1, 0.15) is 43.2 Å². The van der Waals surface area contributed by atoms with Crippen LogP contribution in [0.2, 0.25) is 0 Å². The van der Waals surface area contributed by atoms with E-state index in [2.05, 4.69) is 16.6 Å². The molecule has 5 heteroatoms. The van der Waals surface area contributed by atoms with Crippen molar-refractivity contribution in [2.24, 2.45) is 5.73 Å². The molecule has 1 fully saturated rings. The van der Waals surface area contributed by atoms with Gasteiger partial charge in [0.2, 0.25) is 10.0 Å². The zero-order valence-corrected chi connectivity index (χ0v) is 13.0. The van der Waals surface area contributed by atoms with Gasteiger partial charge in [-0.1, -0.05) is 43.2 Å². The molecule has 3 N–H and O–H groups in total. The van der Waals surface area contributed by atoms with E-state index < -0.39 is 10.0 Å². The van der Waals surface area contributed by atoms with E-state index in [-0.39, 0.29) is 5.25 Å². The van der Waals surface area contributed by atoms with Gasteiger partial charge in [0.1, 0.15) is 0 Å². The number of nitrogens with one attached hydrogen (secondary N) is 1. The van der Waals surface area contributed by atoms with E-state index in [1.807, 2.05) is 24.3 Å². The van der Waals surface area contributed by atoms with Crippen molar-refractivity contribution < 1.29 is 8.42 Å². The molecule has 4 nitrogen and oxygen atoms in total. The van der Waals surface area contributed by atoms with Crippen molar-refractivity contribution in [2.75, 3.05) is 6.54 Å². The van der Waals surface area contributed by atoms with Crippen molar-refractivity contribution in [1.29, 1.82) is 0 Å². The highest BCUT2D eigenvalue weighted by Crippen LogP contribution is 2.23. The van der Waals surface area contributed by atoms with Gasteiger partial charge in [-0.3, -0.25) is 0 Å². The Kier molecular flexibility index (Phi) is 5.80. The van der Waals surface area contributed by atoms with Crippen LogP contribution in [0, 0.1) is 11.8 Å². The van der Waals surface area contributed by atoms with E-state index in [0.717, 1.165) is 43.2 Å². The number of sulfonamides is 1. The second kappa shape index (κ2) is 7.60. The molecular weight excluding hydrogens is 284 g/mol. The molecular formula is C16H22N2O2S. The second-order valence-electron chi connectivity index (χ2n) is 5.33. The second-order valence-corrected chi connectivity index (χ2v) is 7.37.